The van der Waals surface area contributed by atoms with Crippen LogP contribution in [0.5, 0.6) is 0 Å². The summed E-state index contributed by atoms with van der Waals surface area (Å²) < 4.78 is 0. The van der Waals surface area contributed by atoms with Crippen LogP contribution >= 0.6 is 0 Å². The summed E-state index contributed by atoms with van der Waals surface area (Å²) in [6.07, 6.45) is 3.59. The third-order valence-corrected chi connectivity index (χ3v) is 3.48. The molecule has 1 saturated carbocycles. The van der Waals surface area contributed by atoms with E-state index in [1.807, 2.05) is 14.0 Å². The molecule has 0 spiro atoms. The summed E-state index contributed by atoms with van der Waals surface area (Å²) in [6, 6.07) is 0.394. The van der Waals surface area contributed by atoms with Crippen LogP contribution in [-0.2, 0) is 4.79 Å². The van der Waals surface area contributed by atoms with Gasteiger partial charge in [0.05, 0.1) is 0 Å². The van der Waals surface area contributed by atoms with Crippen molar-refractivity contribution in [3.8, 4) is 0 Å². The predicted octanol–water partition coefficient (Wildman–Crippen LogP) is 1.78. The Bertz CT molecular complexity index is 220. The van der Waals surface area contributed by atoms with E-state index in [-0.39, 0.29) is 11.8 Å². The number of carbonyl (C=O) groups excluding carboxylic acids is 1. The van der Waals surface area contributed by atoms with Crippen LogP contribution in [0.2, 0.25) is 0 Å². The molecule has 0 heterocycles. The lowest BCUT2D eigenvalue weighted by molar-refractivity contribution is -0.125. The van der Waals surface area contributed by atoms with Crippen LogP contribution in [-0.4, -0.2) is 25.5 Å². The molecular weight excluding hydrogens is 200 g/mol. The average molecular weight is 226 g/mol. The van der Waals surface area contributed by atoms with Crippen LogP contribution < -0.4 is 10.6 Å². The first-order chi connectivity index (χ1) is 7.52. The molecule has 0 saturated heterocycles. The summed E-state index contributed by atoms with van der Waals surface area (Å²) in [4.78, 5) is 11.9. The van der Waals surface area contributed by atoms with Crippen molar-refractivity contribution in [2.75, 3.05) is 13.6 Å². The summed E-state index contributed by atoms with van der Waals surface area (Å²) >= 11 is 0. The molecule has 16 heavy (non-hydrogen) atoms. The van der Waals surface area contributed by atoms with Gasteiger partial charge in [0.25, 0.3) is 0 Å². The Labute approximate surface area is 99.4 Å². The van der Waals surface area contributed by atoms with E-state index in [1.54, 1.807) is 0 Å². The van der Waals surface area contributed by atoms with Crippen LogP contribution in [0, 0.1) is 17.8 Å². The molecular formula is C13H26N2O. The van der Waals surface area contributed by atoms with Crippen molar-refractivity contribution in [1.82, 2.24) is 10.6 Å². The molecule has 1 aliphatic rings. The fourth-order valence-electron chi connectivity index (χ4n) is 2.81. The Morgan fingerprint density at radius 3 is 2.31 bits per heavy atom. The van der Waals surface area contributed by atoms with Crippen molar-refractivity contribution >= 4 is 5.91 Å². The van der Waals surface area contributed by atoms with Crippen molar-refractivity contribution in [1.29, 1.82) is 0 Å². The monoisotopic (exact) mass is 226 g/mol. The lowest BCUT2D eigenvalue weighted by atomic mass is 9.80. The summed E-state index contributed by atoms with van der Waals surface area (Å²) in [6.45, 7) is 7.29. The van der Waals surface area contributed by atoms with Gasteiger partial charge >= 0.3 is 0 Å². The quantitative estimate of drug-likeness (QED) is 0.767. The SMILES string of the molecule is CNCC(C)C(=O)NC1CC(C)CC(C)C1. The predicted molar refractivity (Wildman–Crippen MR) is 67.2 cm³/mol. The largest absolute Gasteiger partial charge is 0.353 e. The zero-order valence-corrected chi connectivity index (χ0v) is 11.0. The van der Waals surface area contributed by atoms with Gasteiger partial charge in [-0.05, 0) is 38.1 Å². The Balaban J connectivity index is 2.38. The van der Waals surface area contributed by atoms with E-state index in [2.05, 4.69) is 24.5 Å². The van der Waals surface area contributed by atoms with Gasteiger partial charge in [-0.15, -0.1) is 0 Å². The van der Waals surface area contributed by atoms with Crippen LogP contribution in [0.1, 0.15) is 40.0 Å². The highest BCUT2D eigenvalue weighted by molar-refractivity contribution is 5.78. The molecule has 0 bridgehead atoms. The third-order valence-electron chi connectivity index (χ3n) is 3.48. The lowest BCUT2D eigenvalue weighted by Crippen LogP contribution is -2.43. The topological polar surface area (TPSA) is 41.1 Å². The smallest absolute Gasteiger partial charge is 0.224 e. The summed E-state index contributed by atoms with van der Waals surface area (Å²) in [5.41, 5.74) is 0. The molecule has 0 aromatic carbocycles. The molecule has 3 nitrogen and oxygen atoms in total. The van der Waals surface area contributed by atoms with Gasteiger partial charge in [-0.3, -0.25) is 4.79 Å². The van der Waals surface area contributed by atoms with Crippen LogP contribution in [0.3, 0.4) is 0 Å². The van der Waals surface area contributed by atoms with Crippen molar-refractivity contribution in [2.45, 2.75) is 46.1 Å². The Morgan fingerprint density at radius 1 is 1.25 bits per heavy atom. The average Bonchev–Trinajstić information content (AvgIpc) is 2.16. The van der Waals surface area contributed by atoms with E-state index in [1.165, 1.54) is 6.42 Å². The molecule has 1 rings (SSSR count). The molecule has 2 N–H and O–H groups in total. The molecule has 0 radical (unpaired) electrons. The van der Waals surface area contributed by atoms with E-state index < -0.39 is 0 Å². The minimum atomic E-state index is 0.0672. The standard InChI is InChI=1S/C13H26N2O/c1-9-5-10(2)7-12(6-9)15-13(16)11(3)8-14-4/h9-12,14H,5-8H2,1-4H3,(H,15,16). The van der Waals surface area contributed by atoms with E-state index in [0.29, 0.717) is 6.04 Å². The number of amides is 1. The highest BCUT2D eigenvalue weighted by Crippen LogP contribution is 2.28. The highest BCUT2D eigenvalue weighted by Gasteiger charge is 2.26. The van der Waals surface area contributed by atoms with Crippen molar-refractivity contribution in [3.63, 3.8) is 0 Å². The molecule has 0 aromatic heterocycles. The van der Waals surface area contributed by atoms with Gasteiger partial charge in [0, 0.05) is 18.5 Å². The van der Waals surface area contributed by atoms with Crippen molar-refractivity contribution in [3.05, 3.63) is 0 Å². The minimum absolute atomic E-state index is 0.0672. The number of carbonyl (C=O) groups is 1. The zero-order valence-electron chi connectivity index (χ0n) is 11.0. The first kappa shape index (κ1) is 13.5. The maximum Gasteiger partial charge on any atom is 0.224 e. The summed E-state index contributed by atoms with van der Waals surface area (Å²) in [5, 5.41) is 6.23. The van der Waals surface area contributed by atoms with E-state index in [4.69, 9.17) is 0 Å². The minimum Gasteiger partial charge on any atom is -0.353 e. The zero-order chi connectivity index (χ0) is 12.1. The lowest BCUT2D eigenvalue weighted by Gasteiger charge is -2.32. The molecule has 1 fully saturated rings. The van der Waals surface area contributed by atoms with Crippen LogP contribution in [0.4, 0.5) is 0 Å². The second-order valence-corrected chi connectivity index (χ2v) is 5.58. The molecule has 0 aromatic rings. The van der Waals surface area contributed by atoms with Gasteiger partial charge in [-0.2, -0.15) is 0 Å². The number of nitrogens with one attached hydrogen (secondary N) is 2. The van der Waals surface area contributed by atoms with Crippen molar-refractivity contribution < 1.29 is 4.79 Å². The van der Waals surface area contributed by atoms with Crippen LogP contribution in [0.15, 0.2) is 0 Å². The number of hydrogen-bond acceptors (Lipinski definition) is 2. The molecule has 94 valence electrons. The second-order valence-electron chi connectivity index (χ2n) is 5.58. The number of hydrogen-bond donors (Lipinski definition) is 2. The van der Waals surface area contributed by atoms with Crippen LogP contribution in [0.25, 0.3) is 0 Å². The Kier molecular flexibility index (Phi) is 5.26. The van der Waals surface area contributed by atoms with Gasteiger partial charge in [0.1, 0.15) is 0 Å². The summed E-state index contributed by atoms with van der Waals surface area (Å²) in [5.74, 6) is 1.75. The molecule has 0 aliphatic heterocycles. The molecule has 1 amide bonds. The number of rotatable bonds is 4. The molecule has 3 heteroatoms. The summed E-state index contributed by atoms with van der Waals surface area (Å²) in [7, 11) is 1.88. The van der Waals surface area contributed by atoms with Gasteiger partial charge in [-0.1, -0.05) is 20.8 Å². The molecule has 3 atom stereocenters. The third kappa shape index (κ3) is 4.12. The van der Waals surface area contributed by atoms with E-state index in [9.17, 15) is 4.79 Å². The fraction of sp³-hybridized carbons (Fsp3) is 0.923. The second kappa shape index (κ2) is 6.24. The van der Waals surface area contributed by atoms with E-state index >= 15 is 0 Å². The maximum atomic E-state index is 11.9. The van der Waals surface area contributed by atoms with E-state index in [0.717, 1.165) is 31.2 Å². The molecule has 3 unspecified atom stereocenters. The van der Waals surface area contributed by atoms with Gasteiger partial charge in [0.15, 0.2) is 0 Å². The fourth-order valence-corrected chi connectivity index (χ4v) is 2.81. The first-order valence-electron chi connectivity index (χ1n) is 6.47. The Morgan fingerprint density at radius 2 is 1.81 bits per heavy atom. The maximum absolute atomic E-state index is 11.9. The van der Waals surface area contributed by atoms with Gasteiger partial charge in [-0.25, -0.2) is 0 Å². The molecule has 1 aliphatic carbocycles. The van der Waals surface area contributed by atoms with Gasteiger partial charge in [0.2, 0.25) is 5.91 Å². The highest BCUT2D eigenvalue weighted by atomic mass is 16.1. The van der Waals surface area contributed by atoms with Crippen molar-refractivity contribution in [2.24, 2.45) is 17.8 Å². The Hall–Kier alpha value is -0.570. The van der Waals surface area contributed by atoms with Gasteiger partial charge < -0.3 is 10.6 Å². The normalized spacial score (nSPS) is 32.1. The first-order valence-corrected chi connectivity index (χ1v) is 6.47.